The summed E-state index contributed by atoms with van der Waals surface area (Å²) in [5.41, 5.74) is 0. The summed E-state index contributed by atoms with van der Waals surface area (Å²) in [5.74, 6) is -2.00. The van der Waals surface area contributed by atoms with E-state index in [0.29, 0.717) is 11.0 Å². The first-order chi connectivity index (χ1) is 8.39. The molecule has 0 amide bonds. The maximum Gasteiger partial charge on any atom is 0.306 e. The van der Waals surface area contributed by atoms with Crippen molar-refractivity contribution in [2.45, 2.75) is 32.2 Å². The standard InChI is InChI=1S/C11H21NO4.ClH/c1-5-6-11(15)16-9(7-10(13)14)8-12(2,3)4;/h9H,5-8H2,1-4H3;1H/t9-;/m1./s1/i1D3;. The summed E-state index contributed by atoms with van der Waals surface area (Å²) < 4.78 is 26.4. The predicted molar refractivity (Wildman–Crippen MR) is 64.6 cm³/mol. The van der Waals surface area contributed by atoms with Gasteiger partial charge in [-0.15, -0.1) is 12.4 Å². The Bertz CT molecular complexity index is 329. The molecule has 0 fully saturated rings. The lowest BCUT2D eigenvalue weighted by molar-refractivity contribution is -0.873. The highest BCUT2D eigenvalue weighted by Gasteiger charge is 2.21. The van der Waals surface area contributed by atoms with Crippen LogP contribution in [0.15, 0.2) is 0 Å². The average molecular weight is 271 g/mol. The van der Waals surface area contributed by atoms with E-state index in [2.05, 4.69) is 0 Å². The molecule has 17 heavy (non-hydrogen) atoms. The lowest BCUT2D eigenvalue weighted by atomic mass is 10.2. The Balaban J connectivity index is 0. The van der Waals surface area contributed by atoms with Crippen LogP contribution in [0.5, 0.6) is 0 Å². The number of likely N-dealkylation sites (N-methyl/N-ethyl adjacent to an activating group) is 1. The molecule has 0 aliphatic rings. The number of nitrogens with zero attached hydrogens (tertiary/aromatic N) is 1. The van der Waals surface area contributed by atoms with Crippen molar-refractivity contribution in [1.82, 2.24) is 0 Å². The quantitative estimate of drug-likeness (QED) is 0.481. The molecule has 102 valence electrons. The Hall–Kier alpha value is -0.810. The van der Waals surface area contributed by atoms with Crippen LogP contribution in [0.3, 0.4) is 0 Å². The van der Waals surface area contributed by atoms with Crippen molar-refractivity contribution in [2.75, 3.05) is 27.7 Å². The molecule has 0 bridgehead atoms. The number of carbonyl (C=O) groups excluding carboxylic acids is 2. The average Bonchev–Trinajstić information content (AvgIpc) is 2.09. The molecule has 0 unspecified atom stereocenters. The normalized spacial score (nSPS) is 15.8. The van der Waals surface area contributed by atoms with Gasteiger partial charge >= 0.3 is 5.97 Å². The van der Waals surface area contributed by atoms with Crippen molar-refractivity contribution >= 4 is 24.3 Å². The first kappa shape index (κ1) is 12.6. The van der Waals surface area contributed by atoms with Gasteiger partial charge in [0, 0.05) is 22.9 Å². The van der Waals surface area contributed by atoms with Crippen molar-refractivity contribution in [1.29, 1.82) is 0 Å². The summed E-state index contributed by atoms with van der Waals surface area (Å²) in [6.45, 7) is -1.88. The molecule has 0 rings (SSSR count). The molecule has 0 aliphatic carbocycles. The maximum absolute atomic E-state index is 11.5. The van der Waals surface area contributed by atoms with Gasteiger partial charge in [-0.2, -0.15) is 0 Å². The molecular weight excluding hydrogens is 246 g/mol. The molecule has 0 heterocycles. The lowest BCUT2D eigenvalue weighted by Crippen LogP contribution is -2.45. The van der Waals surface area contributed by atoms with Crippen LogP contribution in [-0.4, -0.2) is 50.2 Å². The van der Waals surface area contributed by atoms with Gasteiger partial charge in [0.05, 0.1) is 21.1 Å². The monoisotopic (exact) mass is 270 g/mol. The fourth-order valence-corrected chi connectivity index (χ4v) is 1.29. The van der Waals surface area contributed by atoms with Gasteiger partial charge in [0.25, 0.3) is 0 Å². The summed E-state index contributed by atoms with van der Waals surface area (Å²) in [4.78, 5) is 22.1. The minimum absolute atomic E-state index is 0. The largest absolute Gasteiger partial charge is 0.550 e. The molecule has 0 aliphatic heterocycles. The van der Waals surface area contributed by atoms with Gasteiger partial charge in [0.2, 0.25) is 0 Å². The third-order valence-electron chi connectivity index (χ3n) is 1.77. The smallest absolute Gasteiger partial charge is 0.306 e. The van der Waals surface area contributed by atoms with Crippen LogP contribution in [0.4, 0.5) is 0 Å². The third kappa shape index (κ3) is 11.5. The van der Waals surface area contributed by atoms with Crippen molar-refractivity contribution < 1.29 is 28.0 Å². The van der Waals surface area contributed by atoms with Gasteiger partial charge < -0.3 is 19.1 Å². The lowest BCUT2D eigenvalue weighted by Gasteiger charge is -2.29. The minimum Gasteiger partial charge on any atom is -0.550 e. The molecule has 0 aromatic rings. The van der Waals surface area contributed by atoms with E-state index in [9.17, 15) is 14.7 Å². The number of carboxylic acid groups (broad SMARTS) is 1. The van der Waals surface area contributed by atoms with E-state index in [1.165, 1.54) is 0 Å². The summed E-state index contributed by atoms with van der Waals surface area (Å²) in [6.07, 6.45) is -1.74. The molecule has 1 atom stereocenters. The van der Waals surface area contributed by atoms with E-state index < -0.39 is 31.3 Å². The molecule has 0 aromatic carbocycles. The fraction of sp³-hybridized carbons (Fsp3) is 0.818. The number of carbonyl (C=O) groups is 2. The number of ether oxygens (including phenoxy) is 1. The van der Waals surface area contributed by atoms with Crippen LogP contribution >= 0.6 is 12.4 Å². The predicted octanol–water partition coefficient (Wildman–Crippen LogP) is -0.0337. The second-order valence-electron chi connectivity index (χ2n) is 4.66. The van der Waals surface area contributed by atoms with Gasteiger partial charge in [-0.05, 0) is 6.42 Å². The third-order valence-corrected chi connectivity index (χ3v) is 1.77. The summed E-state index contributed by atoms with van der Waals surface area (Å²) in [7, 11) is 5.50. The molecule has 6 heteroatoms. The Morgan fingerprint density at radius 2 is 2.00 bits per heavy atom. The van der Waals surface area contributed by atoms with E-state index in [1.54, 1.807) is 0 Å². The van der Waals surface area contributed by atoms with E-state index >= 15 is 0 Å². The highest BCUT2D eigenvalue weighted by molar-refractivity contribution is 5.85. The number of rotatable bonds is 7. The number of carboxylic acids is 1. The fourth-order valence-electron chi connectivity index (χ4n) is 1.29. The van der Waals surface area contributed by atoms with Gasteiger partial charge in [-0.3, -0.25) is 4.79 Å². The molecule has 0 aromatic heterocycles. The Kier molecular flexibility index (Phi) is 6.18. The van der Waals surface area contributed by atoms with E-state index in [0.717, 1.165) is 0 Å². The maximum atomic E-state index is 11.5. The molecule has 0 spiro atoms. The van der Waals surface area contributed by atoms with E-state index in [-0.39, 0.29) is 25.2 Å². The molecule has 0 saturated heterocycles. The first-order valence-corrected chi connectivity index (χ1v) is 5.09. The number of hydrogen-bond acceptors (Lipinski definition) is 4. The summed E-state index contributed by atoms with van der Waals surface area (Å²) >= 11 is 0. The van der Waals surface area contributed by atoms with Crippen molar-refractivity contribution in [3.8, 4) is 0 Å². The highest BCUT2D eigenvalue weighted by atomic mass is 35.5. The zero-order chi connectivity index (χ0) is 15.3. The zero-order valence-corrected chi connectivity index (χ0v) is 11.2. The number of hydrogen-bond donors (Lipinski definition) is 0. The molecule has 5 nitrogen and oxygen atoms in total. The van der Waals surface area contributed by atoms with Crippen LogP contribution in [0.2, 0.25) is 0 Å². The SMILES string of the molecule is Cl.[2H]C([2H])([2H])CCC(=O)O[C@H](CC(=O)[O-])C[N+](C)(C)C. The molecule has 0 N–H and O–H groups in total. The second-order valence-corrected chi connectivity index (χ2v) is 4.66. The number of halogens is 1. The molecular formula is C11H22ClNO4. The Morgan fingerprint density at radius 3 is 2.41 bits per heavy atom. The highest BCUT2D eigenvalue weighted by Crippen LogP contribution is 2.06. The molecule has 0 radical (unpaired) electrons. The second kappa shape index (κ2) is 8.31. The van der Waals surface area contributed by atoms with Crippen LogP contribution in [0.25, 0.3) is 0 Å². The summed E-state index contributed by atoms with van der Waals surface area (Å²) in [6, 6.07) is 0. The van der Waals surface area contributed by atoms with Crippen LogP contribution < -0.4 is 5.11 Å². The van der Waals surface area contributed by atoms with Gasteiger partial charge in [-0.25, -0.2) is 0 Å². The topological polar surface area (TPSA) is 66.4 Å². The zero-order valence-electron chi connectivity index (χ0n) is 13.4. The number of esters is 1. The summed E-state index contributed by atoms with van der Waals surface area (Å²) in [5, 5.41) is 10.6. The van der Waals surface area contributed by atoms with Crippen molar-refractivity contribution in [2.24, 2.45) is 0 Å². The Labute approximate surface area is 113 Å². The van der Waals surface area contributed by atoms with Gasteiger partial charge in [0.1, 0.15) is 6.54 Å². The molecule has 0 saturated carbocycles. The van der Waals surface area contributed by atoms with Crippen LogP contribution in [-0.2, 0) is 14.3 Å². The van der Waals surface area contributed by atoms with E-state index in [1.807, 2.05) is 21.1 Å². The van der Waals surface area contributed by atoms with Crippen LogP contribution in [0.1, 0.15) is 30.2 Å². The van der Waals surface area contributed by atoms with Crippen molar-refractivity contribution in [3.05, 3.63) is 0 Å². The van der Waals surface area contributed by atoms with Crippen LogP contribution in [0, 0.1) is 0 Å². The van der Waals surface area contributed by atoms with Crippen molar-refractivity contribution in [3.63, 3.8) is 0 Å². The van der Waals surface area contributed by atoms with Gasteiger partial charge in [-0.1, -0.05) is 6.85 Å². The first-order valence-electron chi connectivity index (χ1n) is 6.59. The Morgan fingerprint density at radius 1 is 1.41 bits per heavy atom. The van der Waals surface area contributed by atoms with E-state index in [4.69, 9.17) is 8.85 Å². The minimum atomic E-state index is -2.19. The number of aliphatic carboxylic acids is 1. The van der Waals surface area contributed by atoms with Gasteiger partial charge in [0.15, 0.2) is 6.10 Å². The number of quaternary nitrogens is 1.